The molecule has 0 aliphatic carbocycles. The van der Waals surface area contributed by atoms with Crippen molar-refractivity contribution in [3.8, 4) is 0 Å². The molecule has 0 rings (SSSR count). The second-order valence-corrected chi connectivity index (χ2v) is 4.05. The summed E-state index contributed by atoms with van der Waals surface area (Å²) in [6.45, 7) is 3.56. The zero-order valence-corrected chi connectivity index (χ0v) is 9.23. The predicted octanol–water partition coefficient (Wildman–Crippen LogP) is 1.31. The van der Waals surface area contributed by atoms with Gasteiger partial charge in [0.2, 0.25) is 0 Å². The maximum atomic E-state index is 10.3. The van der Waals surface area contributed by atoms with Crippen LogP contribution in [0.4, 0.5) is 0 Å². The number of carbonyl (C=O) groups is 1. The Labute approximate surface area is 83.8 Å². The van der Waals surface area contributed by atoms with Gasteiger partial charge in [0.25, 0.3) is 0 Å². The Kier molecular flexibility index (Phi) is 6.72. The third-order valence-electron chi connectivity index (χ3n) is 1.57. The summed E-state index contributed by atoms with van der Waals surface area (Å²) in [5.74, 6) is 0.215. The molecule has 0 spiro atoms. The molecular weight excluding hydrogens is 186 g/mol. The van der Waals surface area contributed by atoms with Gasteiger partial charge in [-0.3, -0.25) is 0 Å². The van der Waals surface area contributed by atoms with Crippen LogP contribution >= 0.6 is 11.8 Å². The topological polar surface area (TPSA) is 40.5 Å². The molecule has 0 aliphatic rings. The van der Waals surface area contributed by atoms with E-state index in [1.54, 1.807) is 11.8 Å². The summed E-state index contributed by atoms with van der Waals surface area (Å²) in [6.07, 6.45) is 3.32. The van der Waals surface area contributed by atoms with E-state index < -0.39 is 5.97 Å². The Morgan fingerprint density at radius 1 is 1.62 bits per heavy atom. The molecule has 0 heterocycles. The molecule has 0 atom stereocenters. The van der Waals surface area contributed by atoms with Gasteiger partial charge >= 0.3 is 5.97 Å². The van der Waals surface area contributed by atoms with Gasteiger partial charge in [-0.05, 0) is 20.2 Å². The zero-order chi connectivity index (χ0) is 10.3. The second-order valence-electron chi connectivity index (χ2n) is 3.06. The lowest BCUT2D eigenvalue weighted by molar-refractivity contribution is -0.131. The maximum absolute atomic E-state index is 10.3. The predicted molar refractivity (Wildman–Crippen MR) is 57.3 cm³/mol. The fraction of sp³-hybridized carbons (Fsp3) is 0.667. The van der Waals surface area contributed by atoms with Crippen molar-refractivity contribution in [1.82, 2.24) is 4.90 Å². The third-order valence-corrected chi connectivity index (χ3v) is 2.16. The van der Waals surface area contributed by atoms with Gasteiger partial charge in [0.15, 0.2) is 0 Å². The number of thioether (sulfide) groups is 1. The number of hydrogen-bond acceptors (Lipinski definition) is 3. The van der Waals surface area contributed by atoms with Crippen LogP contribution in [-0.2, 0) is 4.79 Å². The van der Waals surface area contributed by atoms with E-state index in [-0.39, 0.29) is 0 Å². The molecule has 76 valence electrons. The fourth-order valence-electron chi connectivity index (χ4n) is 1.01. The van der Waals surface area contributed by atoms with Crippen molar-refractivity contribution in [1.29, 1.82) is 0 Å². The van der Waals surface area contributed by atoms with Gasteiger partial charge in [-0.25, -0.2) is 4.79 Å². The molecule has 0 aromatic heterocycles. The van der Waals surface area contributed by atoms with Crippen molar-refractivity contribution in [2.45, 2.75) is 6.92 Å². The van der Waals surface area contributed by atoms with Gasteiger partial charge in [0.1, 0.15) is 0 Å². The summed E-state index contributed by atoms with van der Waals surface area (Å²) in [4.78, 5) is 12.4. The number of hydrogen-bond donors (Lipinski definition) is 1. The first kappa shape index (κ1) is 12.5. The van der Waals surface area contributed by atoms with Crippen molar-refractivity contribution in [2.24, 2.45) is 0 Å². The zero-order valence-electron chi connectivity index (χ0n) is 8.41. The molecule has 0 aromatic rings. The van der Waals surface area contributed by atoms with Crippen molar-refractivity contribution >= 4 is 17.7 Å². The first-order chi connectivity index (χ1) is 6.06. The summed E-state index contributed by atoms with van der Waals surface area (Å²) in [7, 11) is 2.00. The quantitative estimate of drug-likeness (QED) is 0.661. The van der Waals surface area contributed by atoms with Crippen LogP contribution in [0.15, 0.2) is 11.6 Å². The molecule has 0 unspecified atom stereocenters. The largest absolute Gasteiger partial charge is 0.478 e. The van der Waals surface area contributed by atoms with E-state index in [9.17, 15) is 4.79 Å². The molecule has 13 heavy (non-hydrogen) atoms. The van der Waals surface area contributed by atoms with Gasteiger partial charge in [-0.15, -0.1) is 0 Å². The Morgan fingerprint density at radius 2 is 2.23 bits per heavy atom. The lowest BCUT2D eigenvalue weighted by atomic mass is 10.2. The highest BCUT2D eigenvalue weighted by atomic mass is 32.2. The highest BCUT2D eigenvalue weighted by Crippen LogP contribution is 1.98. The van der Waals surface area contributed by atoms with Gasteiger partial charge < -0.3 is 10.0 Å². The highest BCUT2D eigenvalue weighted by molar-refractivity contribution is 7.98. The third kappa shape index (κ3) is 7.87. The SMILES string of the molecule is CSCCN(C)CC(C)=CC(=O)O. The molecule has 4 heteroatoms. The number of likely N-dealkylation sites (N-methyl/N-ethyl adjacent to an activating group) is 1. The summed E-state index contributed by atoms with van der Waals surface area (Å²) >= 11 is 1.79. The minimum atomic E-state index is -0.865. The monoisotopic (exact) mass is 203 g/mol. The number of nitrogens with zero attached hydrogens (tertiary/aromatic N) is 1. The van der Waals surface area contributed by atoms with Crippen LogP contribution in [0.25, 0.3) is 0 Å². The van der Waals surface area contributed by atoms with E-state index in [1.807, 2.05) is 14.0 Å². The number of carboxylic acids is 1. The van der Waals surface area contributed by atoms with Crippen LogP contribution in [0.3, 0.4) is 0 Å². The Bertz CT molecular complexity index is 192. The van der Waals surface area contributed by atoms with Gasteiger partial charge in [0, 0.05) is 24.9 Å². The summed E-state index contributed by atoms with van der Waals surface area (Å²) in [5.41, 5.74) is 0.885. The van der Waals surface area contributed by atoms with E-state index >= 15 is 0 Å². The normalized spacial score (nSPS) is 12.2. The van der Waals surface area contributed by atoms with E-state index in [2.05, 4.69) is 11.2 Å². The minimum Gasteiger partial charge on any atom is -0.478 e. The van der Waals surface area contributed by atoms with Crippen molar-refractivity contribution < 1.29 is 9.90 Å². The molecule has 0 fully saturated rings. The van der Waals surface area contributed by atoms with Crippen molar-refractivity contribution in [3.05, 3.63) is 11.6 Å². The molecule has 0 aliphatic heterocycles. The van der Waals surface area contributed by atoms with Crippen LogP contribution in [-0.4, -0.2) is 48.1 Å². The average molecular weight is 203 g/mol. The first-order valence-corrected chi connectivity index (χ1v) is 5.53. The molecule has 0 radical (unpaired) electrons. The number of aliphatic carboxylic acids is 1. The van der Waals surface area contributed by atoms with Crippen LogP contribution in [0.2, 0.25) is 0 Å². The summed E-state index contributed by atoms with van der Waals surface area (Å²) < 4.78 is 0. The molecule has 0 amide bonds. The molecule has 3 nitrogen and oxygen atoms in total. The number of rotatable bonds is 6. The lowest BCUT2D eigenvalue weighted by Gasteiger charge is -2.15. The second kappa shape index (κ2) is 6.97. The van der Waals surface area contributed by atoms with Crippen LogP contribution in [0.5, 0.6) is 0 Å². The Morgan fingerprint density at radius 3 is 2.69 bits per heavy atom. The van der Waals surface area contributed by atoms with Crippen LogP contribution < -0.4 is 0 Å². The Balaban J connectivity index is 3.77. The molecule has 0 bridgehead atoms. The van der Waals surface area contributed by atoms with E-state index in [0.717, 1.165) is 24.4 Å². The highest BCUT2D eigenvalue weighted by Gasteiger charge is 1.99. The van der Waals surface area contributed by atoms with Gasteiger partial charge in [-0.1, -0.05) is 5.57 Å². The number of carboxylic acid groups (broad SMARTS) is 1. The van der Waals surface area contributed by atoms with Crippen molar-refractivity contribution in [3.63, 3.8) is 0 Å². The standard InChI is InChI=1S/C9H17NO2S/c1-8(6-9(11)12)7-10(2)4-5-13-3/h6H,4-5,7H2,1-3H3,(H,11,12). The minimum absolute atomic E-state index is 0.729. The smallest absolute Gasteiger partial charge is 0.328 e. The Hall–Kier alpha value is -0.480. The van der Waals surface area contributed by atoms with Crippen LogP contribution in [0.1, 0.15) is 6.92 Å². The summed E-state index contributed by atoms with van der Waals surface area (Å²) in [6, 6.07) is 0. The first-order valence-electron chi connectivity index (χ1n) is 4.14. The maximum Gasteiger partial charge on any atom is 0.328 e. The summed E-state index contributed by atoms with van der Waals surface area (Å²) in [5, 5.41) is 8.47. The average Bonchev–Trinajstić information content (AvgIpc) is 1.98. The fourth-order valence-corrected chi connectivity index (χ4v) is 1.50. The molecule has 0 saturated heterocycles. The van der Waals surface area contributed by atoms with E-state index in [0.29, 0.717) is 0 Å². The van der Waals surface area contributed by atoms with Gasteiger partial charge in [0.05, 0.1) is 0 Å². The van der Waals surface area contributed by atoms with E-state index in [4.69, 9.17) is 5.11 Å². The van der Waals surface area contributed by atoms with E-state index in [1.165, 1.54) is 6.08 Å². The molecule has 1 N–H and O–H groups in total. The van der Waals surface area contributed by atoms with Crippen molar-refractivity contribution in [2.75, 3.05) is 32.1 Å². The molecule has 0 aromatic carbocycles. The lowest BCUT2D eigenvalue weighted by Crippen LogP contribution is -2.23. The van der Waals surface area contributed by atoms with Gasteiger partial charge in [-0.2, -0.15) is 11.8 Å². The molecule has 0 saturated carbocycles. The van der Waals surface area contributed by atoms with Crippen LogP contribution in [0, 0.1) is 0 Å². The molecular formula is C9H17NO2S.